The summed E-state index contributed by atoms with van der Waals surface area (Å²) in [6.45, 7) is 15.2. The summed E-state index contributed by atoms with van der Waals surface area (Å²) in [6, 6.07) is 8.72. The first-order valence-electron chi connectivity index (χ1n) is 9.19. The van der Waals surface area contributed by atoms with Crippen molar-refractivity contribution < 1.29 is 9.16 Å². The molecular formula is C20H35NO2Si. The monoisotopic (exact) mass is 349 g/mol. The molecule has 3 nitrogen and oxygen atoms in total. The molecule has 1 aliphatic rings. The quantitative estimate of drug-likeness (QED) is 0.687. The number of benzene rings is 1. The molecule has 0 bridgehead atoms. The lowest BCUT2D eigenvalue weighted by Crippen LogP contribution is -2.40. The van der Waals surface area contributed by atoms with Crippen LogP contribution in [0.25, 0.3) is 0 Å². The molecule has 0 saturated carbocycles. The summed E-state index contributed by atoms with van der Waals surface area (Å²) >= 11 is 0. The lowest BCUT2D eigenvalue weighted by atomic mass is 10.1. The van der Waals surface area contributed by atoms with Crippen LogP contribution in [0.5, 0.6) is 0 Å². The third-order valence-corrected chi connectivity index (χ3v) is 10.1. The molecule has 136 valence electrons. The zero-order valence-electron chi connectivity index (χ0n) is 16.4. The highest BCUT2D eigenvalue weighted by Crippen LogP contribution is 2.37. The Balaban J connectivity index is 1.78. The fourth-order valence-electron chi connectivity index (χ4n) is 2.58. The fraction of sp³-hybridized carbons (Fsp3) is 0.700. The lowest BCUT2D eigenvalue weighted by molar-refractivity contribution is 0.00213. The van der Waals surface area contributed by atoms with Crippen molar-refractivity contribution in [1.82, 2.24) is 4.90 Å². The second kappa shape index (κ2) is 8.13. The molecule has 0 amide bonds. The highest BCUT2D eigenvalue weighted by molar-refractivity contribution is 6.74. The Bertz CT molecular complexity index is 499. The van der Waals surface area contributed by atoms with E-state index in [9.17, 15) is 0 Å². The van der Waals surface area contributed by atoms with Gasteiger partial charge in [0.05, 0.1) is 19.3 Å². The maximum atomic E-state index is 6.29. The van der Waals surface area contributed by atoms with Gasteiger partial charge in [0.25, 0.3) is 0 Å². The van der Waals surface area contributed by atoms with Crippen molar-refractivity contribution in [2.24, 2.45) is 0 Å². The second-order valence-electron chi connectivity index (χ2n) is 8.68. The summed E-state index contributed by atoms with van der Waals surface area (Å²) in [5, 5.41) is 0.259. The van der Waals surface area contributed by atoms with Crippen LogP contribution in [0.2, 0.25) is 18.1 Å². The van der Waals surface area contributed by atoms with Crippen LogP contribution < -0.4 is 0 Å². The average Bonchev–Trinajstić information content (AvgIpc) is 2.52. The van der Waals surface area contributed by atoms with Gasteiger partial charge in [-0.1, -0.05) is 45.0 Å². The molecule has 0 aliphatic carbocycles. The number of ether oxygens (including phenoxy) is 1. The molecule has 0 N–H and O–H groups in total. The molecule has 1 saturated heterocycles. The Morgan fingerprint density at radius 2 is 1.50 bits per heavy atom. The summed E-state index contributed by atoms with van der Waals surface area (Å²) in [5.74, 6) is 0. The zero-order valence-corrected chi connectivity index (χ0v) is 17.4. The van der Waals surface area contributed by atoms with Crippen LogP contribution in [0.1, 0.15) is 44.7 Å². The minimum Gasteiger partial charge on any atom is -0.413 e. The van der Waals surface area contributed by atoms with Crippen molar-refractivity contribution in [3.8, 4) is 0 Å². The Labute approximate surface area is 149 Å². The maximum absolute atomic E-state index is 6.29. The largest absolute Gasteiger partial charge is 0.413 e. The van der Waals surface area contributed by atoms with E-state index >= 15 is 0 Å². The van der Waals surface area contributed by atoms with Gasteiger partial charge in [0.1, 0.15) is 0 Å². The number of nitrogens with zero attached hydrogens (tertiary/aromatic N) is 1. The van der Waals surface area contributed by atoms with Crippen molar-refractivity contribution in [2.45, 2.75) is 71.1 Å². The third-order valence-electron chi connectivity index (χ3n) is 5.58. The van der Waals surface area contributed by atoms with Gasteiger partial charge in [0.15, 0.2) is 8.32 Å². The number of rotatable bonds is 6. The Morgan fingerprint density at radius 1 is 1.00 bits per heavy atom. The summed E-state index contributed by atoms with van der Waals surface area (Å²) in [4.78, 5) is 2.37. The van der Waals surface area contributed by atoms with E-state index in [2.05, 4.69) is 70.1 Å². The molecule has 24 heavy (non-hydrogen) atoms. The fourth-order valence-corrected chi connectivity index (χ4v) is 3.54. The summed E-state index contributed by atoms with van der Waals surface area (Å²) in [5.41, 5.74) is 2.51. The highest BCUT2D eigenvalue weighted by Gasteiger charge is 2.36. The molecule has 1 aromatic carbocycles. The van der Waals surface area contributed by atoms with Gasteiger partial charge < -0.3 is 14.1 Å². The van der Waals surface area contributed by atoms with Gasteiger partial charge >= 0.3 is 0 Å². The van der Waals surface area contributed by atoms with Crippen molar-refractivity contribution in [1.29, 1.82) is 0 Å². The molecule has 1 fully saturated rings. The van der Waals surface area contributed by atoms with Gasteiger partial charge in [-0.05, 0) is 49.1 Å². The number of likely N-dealkylation sites (tertiary alicyclic amines) is 1. The minimum absolute atomic E-state index is 0.259. The van der Waals surface area contributed by atoms with Crippen LogP contribution in [0.15, 0.2) is 24.3 Å². The van der Waals surface area contributed by atoms with E-state index in [0.717, 1.165) is 32.5 Å². The molecular weight excluding hydrogens is 314 g/mol. The predicted octanol–water partition coefficient (Wildman–Crippen LogP) is 4.82. The summed E-state index contributed by atoms with van der Waals surface area (Å²) < 4.78 is 12.4. The molecule has 1 aromatic rings. The van der Waals surface area contributed by atoms with Gasteiger partial charge in [0.2, 0.25) is 0 Å². The molecule has 1 aliphatic heterocycles. The van der Waals surface area contributed by atoms with Crippen molar-refractivity contribution in [3.05, 3.63) is 35.4 Å². The van der Waals surface area contributed by atoms with Crippen LogP contribution in [-0.2, 0) is 22.4 Å². The van der Waals surface area contributed by atoms with Crippen molar-refractivity contribution in [3.63, 3.8) is 0 Å². The standard InChI is InChI=1S/C20H35NO2Si/c1-20(2,3)24(5,6)23-16-18-9-7-17(8-10-18)15-22-19-11-13-21(4)14-12-19/h7-10,19H,11-16H2,1-6H3. The topological polar surface area (TPSA) is 21.7 Å². The molecule has 2 rings (SSSR count). The Hall–Kier alpha value is -0.683. The first-order chi connectivity index (χ1) is 11.2. The smallest absolute Gasteiger partial charge is 0.192 e. The first-order valence-corrected chi connectivity index (χ1v) is 12.1. The van der Waals surface area contributed by atoms with Gasteiger partial charge in [-0.25, -0.2) is 0 Å². The summed E-state index contributed by atoms with van der Waals surface area (Å²) in [7, 11) is 0.508. The van der Waals surface area contributed by atoms with E-state index in [1.54, 1.807) is 0 Å². The van der Waals surface area contributed by atoms with Crippen LogP contribution >= 0.6 is 0 Å². The zero-order chi connectivity index (χ0) is 17.8. The number of hydrogen-bond acceptors (Lipinski definition) is 3. The van der Waals surface area contributed by atoms with E-state index in [4.69, 9.17) is 9.16 Å². The maximum Gasteiger partial charge on any atom is 0.192 e. The number of piperidine rings is 1. The SMILES string of the molecule is CN1CCC(OCc2ccc(CO[Si](C)(C)C(C)(C)C)cc2)CC1. The lowest BCUT2D eigenvalue weighted by Gasteiger charge is -2.36. The third kappa shape index (κ3) is 5.69. The van der Waals surface area contributed by atoms with Gasteiger partial charge in [0, 0.05) is 13.1 Å². The van der Waals surface area contributed by atoms with Gasteiger partial charge in [-0.15, -0.1) is 0 Å². The highest BCUT2D eigenvalue weighted by atomic mass is 28.4. The van der Waals surface area contributed by atoms with Crippen LogP contribution in [-0.4, -0.2) is 39.5 Å². The molecule has 1 heterocycles. The van der Waals surface area contributed by atoms with Crippen LogP contribution in [0, 0.1) is 0 Å². The molecule has 0 aromatic heterocycles. The Morgan fingerprint density at radius 3 is 2.00 bits per heavy atom. The van der Waals surface area contributed by atoms with E-state index in [-0.39, 0.29) is 5.04 Å². The predicted molar refractivity (Wildman–Crippen MR) is 104 cm³/mol. The van der Waals surface area contributed by atoms with Gasteiger partial charge in [-0.3, -0.25) is 0 Å². The Kier molecular flexibility index (Phi) is 6.65. The second-order valence-corrected chi connectivity index (χ2v) is 13.5. The molecule has 0 atom stereocenters. The summed E-state index contributed by atoms with van der Waals surface area (Å²) in [6.07, 6.45) is 2.71. The normalized spacial score (nSPS) is 18.1. The van der Waals surface area contributed by atoms with Crippen LogP contribution in [0.4, 0.5) is 0 Å². The molecule has 0 unspecified atom stereocenters. The molecule has 0 spiro atoms. The van der Waals surface area contributed by atoms with Crippen molar-refractivity contribution in [2.75, 3.05) is 20.1 Å². The first kappa shape index (κ1) is 19.6. The average molecular weight is 350 g/mol. The van der Waals surface area contributed by atoms with E-state index in [1.165, 1.54) is 11.1 Å². The molecule has 4 heteroatoms. The minimum atomic E-state index is -1.67. The number of hydrogen-bond donors (Lipinski definition) is 0. The van der Waals surface area contributed by atoms with Crippen LogP contribution in [0.3, 0.4) is 0 Å². The van der Waals surface area contributed by atoms with Gasteiger partial charge in [-0.2, -0.15) is 0 Å². The van der Waals surface area contributed by atoms with Crippen molar-refractivity contribution >= 4 is 8.32 Å². The van der Waals surface area contributed by atoms with E-state index in [1.807, 2.05) is 0 Å². The van der Waals surface area contributed by atoms with E-state index < -0.39 is 8.32 Å². The van der Waals surface area contributed by atoms with E-state index in [0.29, 0.717) is 12.7 Å². The molecule has 0 radical (unpaired) electrons.